The number of esters is 1. The predicted octanol–water partition coefficient (Wildman–Crippen LogP) is 7.93. The van der Waals surface area contributed by atoms with Crippen molar-refractivity contribution >= 4 is 23.3 Å². The van der Waals surface area contributed by atoms with Gasteiger partial charge in [-0.15, -0.1) is 0 Å². The van der Waals surface area contributed by atoms with Gasteiger partial charge >= 0.3 is 5.97 Å². The van der Waals surface area contributed by atoms with Crippen molar-refractivity contribution in [2.75, 3.05) is 0 Å². The van der Waals surface area contributed by atoms with Crippen molar-refractivity contribution in [3.8, 4) is 0 Å². The summed E-state index contributed by atoms with van der Waals surface area (Å²) in [7, 11) is 0. The summed E-state index contributed by atoms with van der Waals surface area (Å²) in [6, 6.07) is 8.71. The first-order valence-corrected chi connectivity index (χ1v) is 14.1. The molecule has 40 heavy (non-hydrogen) atoms. The lowest BCUT2D eigenvalue weighted by molar-refractivity contribution is -0.166. The molecule has 2 aliphatic carbocycles. The maximum atomic E-state index is 15.1. The number of ketones is 3. The molecule has 0 heterocycles. The van der Waals surface area contributed by atoms with Gasteiger partial charge in [0.25, 0.3) is 0 Å². The summed E-state index contributed by atoms with van der Waals surface area (Å²) >= 11 is 0. The Hall–Kier alpha value is -3.34. The SMILES string of the molecule is CC(=O)OC1=C(CC=C(C)C)C(=O)[C@]2(CC=C(C)C)C[C@@H](CC=C(C)C)C(C)(C)[C@@]1(C(=O)c1ccccc1)C2=O. The molecule has 5 heteroatoms. The molecule has 0 aromatic heterocycles. The third kappa shape index (κ3) is 5.23. The first-order valence-electron chi connectivity index (χ1n) is 14.1. The number of ether oxygens (including phenoxy) is 1. The van der Waals surface area contributed by atoms with Crippen LogP contribution in [0.1, 0.15) is 98.4 Å². The maximum absolute atomic E-state index is 15.1. The normalized spacial score (nSPS) is 25.2. The predicted molar refractivity (Wildman–Crippen MR) is 158 cm³/mol. The van der Waals surface area contributed by atoms with Gasteiger partial charge in [0.05, 0.1) is 5.41 Å². The Kier molecular flexibility index (Phi) is 9.08. The number of Topliss-reactive ketones (excluding diaryl/α,β-unsaturated/α-hetero) is 3. The minimum absolute atomic E-state index is 0.0823. The van der Waals surface area contributed by atoms with Crippen molar-refractivity contribution in [2.45, 2.75) is 88.0 Å². The van der Waals surface area contributed by atoms with Crippen LogP contribution in [0.2, 0.25) is 0 Å². The molecule has 1 saturated carbocycles. The Morgan fingerprint density at radius 3 is 1.98 bits per heavy atom. The van der Waals surface area contributed by atoms with E-state index in [1.165, 1.54) is 6.92 Å². The van der Waals surface area contributed by atoms with E-state index in [1.807, 2.05) is 73.6 Å². The van der Waals surface area contributed by atoms with Crippen LogP contribution in [0.3, 0.4) is 0 Å². The van der Waals surface area contributed by atoms with Crippen LogP contribution in [0.5, 0.6) is 0 Å². The summed E-state index contributed by atoms with van der Waals surface area (Å²) in [4.78, 5) is 57.3. The number of hydrogen-bond acceptors (Lipinski definition) is 5. The fourth-order valence-electron chi connectivity index (χ4n) is 6.42. The van der Waals surface area contributed by atoms with Crippen molar-refractivity contribution in [3.05, 3.63) is 82.2 Å². The molecule has 1 aromatic rings. The molecule has 0 N–H and O–H groups in total. The van der Waals surface area contributed by atoms with Crippen LogP contribution in [0.15, 0.2) is 76.6 Å². The summed E-state index contributed by atoms with van der Waals surface area (Å²) in [6.45, 7) is 16.9. The summed E-state index contributed by atoms with van der Waals surface area (Å²) in [5, 5.41) is 0. The van der Waals surface area contributed by atoms with Crippen LogP contribution < -0.4 is 0 Å². The summed E-state index contributed by atoms with van der Waals surface area (Å²) < 4.78 is 5.91. The lowest BCUT2D eigenvalue weighted by Gasteiger charge is -2.60. The van der Waals surface area contributed by atoms with Crippen molar-refractivity contribution in [1.29, 1.82) is 0 Å². The van der Waals surface area contributed by atoms with Gasteiger partial charge in [0.2, 0.25) is 0 Å². The lowest BCUT2D eigenvalue weighted by atomic mass is 9.39. The van der Waals surface area contributed by atoms with Gasteiger partial charge in [0, 0.05) is 18.1 Å². The quantitative estimate of drug-likeness (QED) is 0.137. The minimum Gasteiger partial charge on any atom is -0.429 e. The van der Waals surface area contributed by atoms with Gasteiger partial charge in [0.1, 0.15) is 5.76 Å². The molecule has 0 radical (unpaired) electrons. The number of allylic oxidation sites excluding steroid dienone is 8. The van der Waals surface area contributed by atoms with Crippen LogP contribution in [-0.2, 0) is 19.1 Å². The summed E-state index contributed by atoms with van der Waals surface area (Å²) in [5.74, 6) is -2.17. The van der Waals surface area contributed by atoms with Gasteiger partial charge in [-0.1, -0.05) is 79.1 Å². The molecule has 2 bridgehead atoms. The van der Waals surface area contributed by atoms with Gasteiger partial charge in [0.15, 0.2) is 22.8 Å². The van der Waals surface area contributed by atoms with Gasteiger partial charge in [-0.25, -0.2) is 0 Å². The van der Waals surface area contributed by atoms with E-state index in [0.29, 0.717) is 18.4 Å². The molecule has 0 unspecified atom stereocenters. The van der Waals surface area contributed by atoms with E-state index in [-0.39, 0.29) is 35.9 Å². The number of hydrogen-bond donors (Lipinski definition) is 0. The highest BCUT2D eigenvalue weighted by molar-refractivity contribution is 6.30. The molecule has 0 aliphatic heterocycles. The molecule has 0 amide bonds. The van der Waals surface area contributed by atoms with Gasteiger partial charge in [-0.05, 0) is 78.6 Å². The van der Waals surface area contributed by atoms with Crippen molar-refractivity contribution < 1.29 is 23.9 Å². The molecule has 1 aromatic carbocycles. The Morgan fingerprint density at radius 2 is 1.45 bits per heavy atom. The molecule has 3 rings (SSSR count). The Bertz CT molecular complexity index is 1320. The fourth-order valence-corrected chi connectivity index (χ4v) is 6.42. The maximum Gasteiger partial charge on any atom is 0.307 e. The number of carbonyl (C=O) groups is 4. The molecule has 0 spiro atoms. The average Bonchev–Trinajstić information content (AvgIpc) is 2.86. The highest BCUT2D eigenvalue weighted by Crippen LogP contribution is 2.67. The molecular weight excluding hydrogens is 500 g/mol. The Labute approximate surface area is 239 Å². The van der Waals surface area contributed by atoms with Crippen LogP contribution >= 0.6 is 0 Å². The second-order valence-electron chi connectivity index (χ2n) is 12.7. The summed E-state index contributed by atoms with van der Waals surface area (Å²) in [6.07, 6.45) is 7.21. The zero-order valence-electron chi connectivity index (χ0n) is 25.6. The second-order valence-corrected chi connectivity index (χ2v) is 12.7. The van der Waals surface area contributed by atoms with E-state index < -0.39 is 33.8 Å². The van der Waals surface area contributed by atoms with Crippen LogP contribution in [-0.4, -0.2) is 23.3 Å². The van der Waals surface area contributed by atoms with E-state index in [2.05, 4.69) is 6.08 Å². The lowest BCUT2D eigenvalue weighted by Crippen LogP contribution is -2.69. The average molecular weight is 545 g/mol. The van der Waals surface area contributed by atoms with Crippen molar-refractivity contribution in [3.63, 3.8) is 0 Å². The molecular formula is C35H44O5. The number of carbonyl (C=O) groups excluding carboxylic acids is 4. The first kappa shape index (κ1) is 31.2. The zero-order chi connectivity index (χ0) is 30.0. The minimum atomic E-state index is -1.85. The second kappa shape index (κ2) is 11.6. The van der Waals surface area contributed by atoms with Crippen molar-refractivity contribution in [2.24, 2.45) is 22.2 Å². The molecule has 214 valence electrons. The van der Waals surface area contributed by atoms with Gasteiger partial charge < -0.3 is 4.74 Å². The summed E-state index contributed by atoms with van der Waals surface area (Å²) in [5.41, 5.74) is -0.587. The van der Waals surface area contributed by atoms with Crippen LogP contribution in [0.4, 0.5) is 0 Å². The van der Waals surface area contributed by atoms with Crippen LogP contribution in [0.25, 0.3) is 0 Å². The van der Waals surface area contributed by atoms with Gasteiger partial charge in [-0.2, -0.15) is 0 Å². The Morgan fingerprint density at radius 1 is 0.875 bits per heavy atom. The Balaban J connectivity index is 2.57. The highest BCUT2D eigenvalue weighted by Gasteiger charge is 2.75. The molecule has 3 atom stereocenters. The smallest absolute Gasteiger partial charge is 0.307 e. The van der Waals surface area contributed by atoms with E-state index >= 15 is 4.79 Å². The zero-order valence-corrected chi connectivity index (χ0v) is 25.6. The molecule has 1 fully saturated rings. The van der Waals surface area contributed by atoms with E-state index in [4.69, 9.17) is 4.74 Å². The number of rotatable bonds is 9. The third-order valence-electron chi connectivity index (χ3n) is 8.69. The monoisotopic (exact) mass is 544 g/mol. The van der Waals surface area contributed by atoms with Crippen molar-refractivity contribution in [1.82, 2.24) is 0 Å². The van der Waals surface area contributed by atoms with E-state index in [1.54, 1.807) is 24.3 Å². The number of benzene rings is 1. The first-order chi connectivity index (χ1) is 18.6. The topological polar surface area (TPSA) is 77.5 Å². The largest absolute Gasteiger partial charge is 0.429 e. The molecule has 0 saturated heterocycles. The van der Waals surface area contributed by atoms with Crippen LogP contribution in [0, 0.1) is 22.2 Å². The fraction of sp³-hybridized carbons (Fsp3) is 0.486. The standard InChI is InChI=1S/C35H44O5/c1-22(2)15-17-27-21-34(20-19-24(5)6)30(38)28(18-16-23(3)4)31(40-25(7)36)35(32(34)39,33(27,8)9)29(37)26-13-11-10-12-14-26/h10-16,19,27H,17-18,20-21H2,1-9H3/t27-,34+,35-/m1/s1. The third-order valence-corrected chi connectivity index (χ3v) is 8.69. The number of fused-ring (bicyclic) bond motifs is 2. The molecule has 2 aliphatic rings. The van der Waals surface area contributed by atoms with E-state index in [9.17, 15) is 14.4 Å². The van der Waals surface area contributed by atoms with Gasteiger partial charge in [-0.3, -0.25) is 19.2 Å². The van der Waals surface area contributed by atoms with E-state index in [0.717, 1.165) is 16.7 Å². The highest BCUT2D eigenvalue weighted by atomic mass is 16.5. The molecule has 5 nitrogen and oxygen atoms in total.